The number of hydrazine groups is 1. The molecule has 0 saturated carbocycles. The summed E-state index contributed by atoms with van der Waals surface area (Å²) in [7, 11) is 1.71. The van der Waals surface area contributed by atoms with Crippen molar-refractivity contribution in [2.75, 3.05) is 43.1 Å². The molecule has 3 heterocycles. The van der Waals surface area contributed by atoms with Gasteiger partial charge in [-0.3, -0.25) is 10.9 Å². The molecule has 4 rings (SSSR count). The molecular weight excluding hydrogens is 342 g/mol. The lowest BCUT2D eigenvalue weighted by atomic mass is 9.80. The SMILES string of the molecule is COc1cccc(C2CNNC2C2CCN(c3cc(N)nc(N)n3)CC2)c1. The summed E-state index contributed by atoms with van der Waals surface area (Å²) in [5, 5.41) is 0. The molecule has 2 saturated heterocycles. The van der Waals surface area contributed by atoms with Crippen molar-refractivity contribution < 1.29 is 4.74 Å². The molecule has 144 valence electrons. The zero-order valence-corrected chi connectivity index (χ0v) is 15.6. The summed E-state index contributed by atoms with van der Waals surface area (Å²) in [5.74, 6) is 3.39. The molecule has 8 nitrogen and oxygen atoms in total. The second-order valence-electron chi connectivity index (χ2n) is 7.27. The number of rotatable bonds is 4. The van der Waals surface area contributed by atoms with Gasteiger partial charge in [0.1, 0.15) is 17.4 Å². The molecule has 2 aliphatic heterocycles. The number of benzene rings is 1. The lowest BCUT2D eigenvalue weighted by Gasteiger charge is -2.37. The van der Waals surface area contributed by atoms with Crippen molar-refractivity contribution in [3.05, 3.63) is 35.9 Å². The van der Waals surface area contributed by atoms with Gasteiger partial charge in [0.2, 0.25) is 5.95 Å². The molecule has 2 unspecified atom stereocenters. The molecule has 27 heavy (non-hydrogen) atoms. The second-order valence-corrected chi connectivity index (χ2v) is 7.27. The first-order valence-electron chi connectivity index (χ1n) is 9.41. The molecule has 0 bridgehead atoms. The maximum absolute atomic E-state index is 5.81. The Labute approximate surface area is 159 Å². The van der Waals surface area contributed by atoms with Crippen LogP contribution in [-0.4, -0.2) is 42.8 Å². The number of ether oxygens (including phenoxy) is 1. The Morgan fingerprint density at radius 1 is 1.15 bits per heavy atom. The summed E-state index contributed by atoms with van der Waals surface area (Å²) >= 11 is 0. The maximum Gasteiger partial charge on any atom is 0.223 e. The highest BCUT2D eigenvalue weighted by Crippen LogP contribution is 2.34. The smallest absolute Gasteiger partial charge is 0.223 e. The van der Waals surface area contributed by atoms with Crippen LogP contribution in [0.4, 0.5) is 17.6 Å². The van der Waals surface area contributed by atoms with Gasteiger partial charge >= 0.3 is 0 Å². The number of piperidine rings is 1. The van der Waals surface area contributed by atoms with Gasteiger partial charge in [0.05, 0.1) is 7.11 Å². The first-order valence-corrected chi connectivity index (χ1v) is 9.41. The summed E-state index contributed by atoms with van der Waals surface area (Å²) in [6.07, 6.45) is 2.17. The van der Waals surface area contributed by atoms with E-state index in [0.717, 1.165) is 44.0 Å². The number of aromatic nitrogens is 2. The van der Waals surface area contributed by atoms with Crippen LogP contribution in [0, 0.1) is 5.92 Å². The van der Waals surface area contributed by atoms with Crippen molar-refractivity contribution in [2.45, 2.75) is 24.8 Å². The van der Waals surface area contributed by atoms with E-state index in [9.17, 15) is 0 Å². The third kappa shape index (κ3) is 3.77. The monoisotopic (exact) mass is 369 g/mol. The van der Waals surface area contributed by atoms with Crippen LogP contribution in [0.3, 0.4) is 0 Å². The van der Waals surface area contributed by atoms with Crippen LogP contribution < -0.4 is 32.0 Å². The van der Waals surface area contributed by atoms with Crippen LogP contribution in [0.1, 0.15) is 24.3 Å². The van der Waals surface area contributed by atoms with Gasteiger partial charge in [-0.05, 0) is 36.5 Å². The normalized spacial score (nSPS) is 23.5. The van der Waals surface area contributed by atoms with Crippen molar-refractivity contribution in [1.29, 1.82) is 0 Å². The van der Waals surface area contributed by atoms with Crippen molar-refractivity contribution in [1.82, 2.24) is 20.8 Å². The Morgan fingerprint density at radius 2 is 1.96 bits per heavy atom. The van der Waals surface area contributed by atoms with E-state index in [4.69, 9.17) is 16.2 Å². The highest BCUT2D eigenvalue weighted by molar-refractivity contribution is 5.50. The number of anilines is 3. The minimum Gasteiger partial charge on any atom is -0.497 e. The van der Waals surface area contributed by atoms with Crippen molar-refractivity contribution in [3.63, 3.8) is 0 Å². The molecule has 0 amide bonds. The van der Waals surface area contributed by atoms with E-state index in [1.165, 1.54) is 5.56 Å². The Hall–Kier alpha value is -2.58. The standard InChI is InChI=1S/C19H27N7O/c1-27-14-4-2-3-13(9-14)15-11-22-25-18(15)12-5-7-26(8-6-12)17-10-16(20)23-19(21)24-17/h2-4,9-10,12,15,18,22,25H,5-8,11H2,1H3,(H4,20,21,23,24). The molecule has 8 heteroatoms. The molecule has 6 N–H and O–H groups in total. The van der Waals surface area contributed by atoms with E-state index >= 15 is 0 Å². The van der Waals surface area contributed by atoms with Gasteiger partial charge in [-0.1, -0.05) is 12.1 Å². The van der Waals surface area contributed by atoms with Crippen LogP contribution in [-0.2, 0) is 0 Å². The van der Waals surface area contributed by atoms with E-state index < -0.39 is 0 Å². The van der Waals surface area contributed by atoms with Crippen LogP contribution in [0.15, 0.2) is 30.3 Å². The van der Waals surface area contributed by atoms with E-state index in [1.54, 1.807) is 13.2 Å². The molecule has 0 radical (unpaired) electrons. The fraction of sp³-hybridized carbons (Fsp3) is 0.474. The fourth-order valence-corrected chi connectivity index (χ4v) is 4.28. The highest BCUT2D eigenvalue weighted by Gasteiger charge is 2.36. The number of methoxy groups -OCH3 is 1. The molecule has 1 aromatic heterocycles. The third-order valence-electron chi connectivity index (χ3n) is 5.67. The van der Waals surface area contributed by atoms with Gasteiger partial charge in [0, 0.05) is 37.7 Å². The Kier molecular flexibility index (Phi) is 5.00. The molecule has 2 aromatic rings. The minimum atomic E-state index is 0.229. The summed E-state index contributed by atoms with van der Waals surface area (Å²) in [6, 6.07) is 10.6. The van der Waals surface area contributed by atoms with Crippen molar-refractivity contribution in [2.24, 2.45) is 5.92 Å². The van der Waals surface area contributed by atoms with Crippen molar-refractivity contribution in [3.8, 4) is 5.75 Å². The largest absolute Gasteiger partial charge is 0.497 e. The molecule has 1 aromatic carbocycles. The van der Waals surface area contributed by atoms with Gasteiger partial charge in [-0.2, -0.15) is 9.97 Å². The average Bonchev–Trinajstić information content (AvgIpc) is 3.17. The lowest BCUT2D eigenvalue weighted by Crippen LogP contribution is -2.44. The van der Waals surface area contributed by atoms with Crippen LogP contribution >= 0.6 is 0 Å². The molecular formula is C19H27N7O. The molecule has 2 atom stereocenters. The Morgan fingerprint density at radius 3 is 2.70 bits per heavy atom. The second kappa shape index (κ2) is 7.58. The number of nitrogens with one attached hydrogen (secondary N) is 2. The van der Waals surface area contributed by atoms with Crippen LogP contribution in [0.5, 0.6) is 5.75 Å². The van der Waals surface area contributed by atoms with Gasteiger partial charge in [0.25, 0.3) is 0 Å². The number of hydrogen-bond acceptors (Lipinski definition) is 8. The summed E-state index contributed by atoms with van der Waals surface area (Å²) < 4.78 is 5.40. The van der Waals surface area contributed by atoms with E-state index in [-0.39, 0.29) is 5.95 Å². The molecule has 2 fully saturated rings. The molecule has 2 aliphatic rings. The van der Waals surface area contributed by atoms with Gasteiger partial charge in [-0.15, -0.1) is 0 Å². The molecule has 0 aliphatic carbocycles. The quantitative estimate of drug-likeness (QED) is 0.634. The predicted octanol–water partition coefficient (Wildman–Crippen LogP) is 1.13. The molecule has 0 spiro atoms. The van der Waals surface area contributed by atoms with E-state index in [2.05, 4.69) is 43.9 Å². The third-order valence-corrected chi connectivity index (χ3v) is 5.67. The summed E-state index contributed by atoms with van der Waals surface area (Å²) in [6.45, 7) is 2.80. The Bertz CT molecular complexity index is 771. The van der Waals surface area contributed by atoms with Gasteiger partial charge in [0.15, 0.2) is 0 Å². The fourth-order valence-electron chi connectivity index (χ4n) is 4.28. The summed E-state index contributed by atoms with van der Waals surface area (Å²) in [4.78, 5) is 10.5. The minimum absolute atomic E-state index is 0.229. The zero-order valence-electron chi connectivity index (χ0n) is 15.6. The van der Waals surface area contributed by atoms with Crippen LogP contribution in [0.2, 0.25) is 0 Å². The first-order chi connectivity index (χ1) is 13.1. The number of nitrogens with zero attached hydrogens (tertiary/aromatic N) is 3. The van der Waals surface area contributed by atoms with E-state index in [0.29, 0.717) is 23.7 Å². The topological polar surface area (TPSA) is 114 Å². The average molecular weight is 369 g/mol. The van der Waals surface area contributed by atoms with Crippen LogP contribution in [0.25, 0.3) is 0 Å². The lowest BCUT2D eigenvalue weighted by molar-refractivity contribution is 0.295. The zero-order chi connectivity index (χ0) is 18.8. The van der Waals surface area contributed by atoms with Gasteiger partial charge in [-0.25, -0.2) is 0 Å². The van der Waals surface area contributed by atoms with E-state index in [1.807, 2.05) is 6.07 Å². The first kappa shape index (κ1) is 17.8. The number of nitrogen functional groups attached to an aromatic ring is 2. The number of hydrogen-bond donors (Lipinski definition) is 4. The van der Waals surface area contributed by atoms with Gasteiger partial charge < -0.3 is 21.1 Å². The number of nitrogens with two attached hydrogens (primary N) is 2. The maximum atomic E-state index is 5.81. The summed E-state index contributed by atoms with van der Waals surface area (Å²) in [5.41, 5.74) is 19.7. The highest BCUT2D eigenvalue weighted by atomic mass is 16.5. The predicted molar refractivity (Wildman–Crippen MR) is 106 cm³/mol. The van der Waals surface area contributed by atoms with Crippen molar-refractivity contribution >= 4 is 17.6 Å². The Balaban J connectivity index is 1.44.